The maximum Gasteiger partial charge on any atom is 0.407 e. The fourth-order valence-corrected chi connectivity index (χ4v) is 4.29. The van der Waals surface area contributed by atoms with Crippen LogP contribution in [-0.4, -0.2) is 61.4 Å². The number of piperazine rings is 1. The van der Waals surface area contributed by atoms with Crippen molar-refractivity contribution in [1.29, 1.82) is 0 Å². The van der Waals surface area contributed by atoms with E-state index in [-0.39, 0.29) is 6.04 Å². The van der Waals surface area contributed by atoms with Crippen LogP contribution in [-0.2, 0) is 6.54 Å². The fourth-order valence-electron chi connectivity index (χ4n) is 3.11. The zero-order valence-corrected chi connectivity index (χ0v) is 18.4. The van der Waals surface area contributed by atoms with Crippen molar-refractivity contribution in [2.45, 2.75) is 32.2 Å². The van der Waals surface area contributed by atoms with Gasteiger partial charge in [0, 0.05) is 37.3 Å². The Kier molecular flexibility index (Phi) is 5.59. The van der Waals surface area contributed by atoms with Gasteiger partial charge in [-0.2, -0.15) is 0 Å². The lowest BCUT2D eigenvalue weighted by molar-refractivity contribution is 0.0503. The first kappa shape index (κ1) is 19.6. The van der Waals surface area contributed by atoms with E-state index in [4.69, 9.17) is 16.3 Å². The van der Waals surface area contributed by atoms with Gasteiger partial charge in [0.15, 0.2) is 0 Å². The zero-order chi connectivity index (χ0) is 19.1. The summed E-state index contributed by atoms with van der Waals surface area (Å²) in [5, 5.41) is 9.78. The molecule has 1 aromatic rings. The highest BCUT2D eigenvalue weighted by atomic mass is 79.9. The maximum atomic E-state index is 11.3. The molecule has 5 nitrogen and oxygen atoms in total. The SMILES string of the molecule is C[Si](C)(C)C#Cc1cc2c(c(Cl)c1Br)OC[C@H]1CN(C(=O)O)CCN1C2. The number of rotatable bonds is 0. The summed E-state index contributed by atoms with van der Waals surface area (Å²) >= 11 is 10.1. The van der Waals surface area contributed by atoms with Crippen molar-refractivity contribution >= 4 is 41.7 Å². The van der Waals surface area contributed by atoms with Crippen LogP contribution in [0, 0.1) is 11.5 Å². The van der Waals surface area contributed by atoms with Crippen LogP contribution >= 0.6 is 27.5 Å². The molecule has 0 saturated carbocycles. The summed E-state index contributed by atoms with van der Waals surface area (Å²) in [6.07, 6.45) is -0.879. The van der Waals surface area contributed by atoms with E-state index in [2.05, 4.69) is 51.9 Å². The van der Waals surface area contributed by atoms with Crippen molar-refractivity contribution < 1.29 is 14.6 Å². The van der Waals surface area contributed by atoms with Gasteiger partial charge >= 0.3 is 6.09 Å². The van der Waals surface area contributed by atoms with Gasteiger partial charge < -0.3 is 14.7 Å². The third kappa shape index (κ3) is 4.20. The molecule has 0 radical (unpaired) electrons. The van der Waals surface area contributed by atoms with Gasteiger partial charge in [-0.25, -0.2) is 4.79 Å². The average molecular weight is 458 g/mol. The summed E-state index contributed by atoms with van der Waals surface area (Å²) in [4.78, 5) is 15.0. The van der Waals surface area contributed by atoms with Crippen molar-refractivity contribution in [3.63, 3.8) is 0 Å². The van der Waals surface area contributed by atoms with E-state index < -0.39 is 14.2 Å². The van der Waals surface area contributed by atoms with Crippen molar-refractivity contribution in [3.05, 3.63) is 26.7 Å². The normalized spacial score (nSPS) is 20.2. The number of carboxylic acid groups (broad SMARTS) is 1. The molecule has 2 aliphatic rings. The summed E-state index contributed by atoms with van der Waals surface area (Å²) in [5.41, 5.74) is 5.26. The predicted octanol–water partition coefficient (Wildman–Crippen LogP) is 3.89. The number of nitrogens with zero attached hydrogens (tertiary/aromatic N) is 2. The third-order valence-corrected chi connectivity index (χ3v) is 6.77. The highest BCUT2D eigenvalue weighted by molar-refractivity contribution is 9.10. The van der Waals surface area contributed by atoms with E-state index in [1.165, 1.54) is 4.90 Å². The minimum absolute atomic E-state index is 0.0265. The van der Waals surface area contributed by atoms with E-state index in [1.54, 1.807) is 0 Å². The van der Waals surface area contributed by atoms with Crippen LogP contribution in [0.1, 0.15) is 11.1 Å². The largest absolute Gasteiger partial charge is 0.490 e. The number of carbonyl (C=O) groups is 1. The first-order chi connectivity index (χ1) is 12.2. The number of amides is 1. The van der Waals surface area contributed by atoms with Crippen molar-refractivity contribution in [1.82, 2.24) is 9.80 Å². The monoisotopic (exact) mass is 456 g/mol. The lowest BCUT2D eigenvalue weighted by Crippen LogP contribution is -2.55. The molecule has 2 aliphatic heterocycles. The molecule has 1 amide bonds. The molecule has 1 aromatic carbocycles. The number of halogens is 2. The van der Waals surface area contributed by atoms with Crippen LogP contribution in [0.15, 0.2) is 10.5 Å². The van der Waals surface area contributed by atoms with Gasteiger partial charge in [-0.3, -0.25) is 4.90 Å². The highest BCUT2D eigenvalue weighted by Gasteiger charge is 2.33. The molecule has 140 valence electrons. The van der Waals surface area contributed by atoms with Crippen LogP contribution < -0.4 is 4.74 Å². The van der Waals surface area contributed by atoms with Crippen LogP contribution in [0.25, 0.3) is 0 Å². The van der Waals surface area contributed by atoms with E-state index in [0.29, 0.717) is 43.6 Å². The van der Waals surface area contributed by atoms with Gasteiger partial charge in [0.1, 0.15) is 20.4 Å². The average Bonchev–Trinajstić information content (AvgIpc) is 2.74. The minimum Gasteiger partial charge on any atom is -0.490 e. The Labute approximate surface area is 168 Å². The summed E-state index contributed by atoms with van der Waals surface area (Å²) in [7, 11) is -1.50. The van der Waals surface area contributed by atoms with Gasteiger partial charge in [0.05, 0.1) is 15.5 Å². The van der Waals surface area contributed by atoms with E-state index in [1.807, 2.05) is 6.07 Å². The van der Waals surface area contributed by atoms with Crippen LogP contribution in [0.5, 0.6) is 5.75 Å². The molecule has 0 aliphatic carbocycles. The number of fused-ring (bicyclic) bond motifs is 2. The summed E-state index contributed by atoms with van der Waals surface area (Å²) in [6.45, 7) is 9.35. The Balaban J connectivity index is 1.92. The lowest BCUT2D eigenvalue weighted by Gasteiger charge is -2.38. The highest BCUT2D eigenvalue weighted by Crippen LogP contribution is 2.40. The molecule has 1 saturated heterocycles. The number of ether oxygens (including phenoxy) is 1. The molecule has 2 heterocycles. The summed E-state index contributed by atoms with van der Waals surface area (Å²) in [6, 6.07) is 2.07. The summed E-state index contributed by atoms with van der Waals surface area (Å²) in [5.74, 6) is 3.95. The topological polar surface area (TPSA) is 53.0 Å². The number of benzene rings is 1. The lowest BCUT2D eigenvalue weighted by atomic mass is 10.1. The molecular weight excluding hydrogens is 436 g/mol. The minimum atomic E-state index is -1.50. The molecule has 0 aromatic heterocycles. The van der Waals surface area contributed by atoms with Crippen LogP contribution in [0.4, 0.5) is 4.79 Å². The van der Waals surface area contributed by atoms with Crippen molar-refractivity contribution in [2.24, 2.45) is 0 Å². The van der Waals surface area contributed by atoms with Gasteiger partial charge in [0.25, 0.3) is 0 Å². The Morgan fingerprint density at radius 2 is 2.15 bits per heavy atom. The number of hydrogen-bond donors (Lipinski definition) is 1. The Bertz CT molecular complexity index is 800. The standard InChI is InChI=1S/C18H22BrClN2O3Si/c1-26(2,3)7-4-12-8-13-9-21-5-6-22(18(23)24)10-14(21)11-25-17(13)16(20)15(12)19/h8,14H,5-6,9-11H2,1-3H3,(H,23,24)/t14-/m1/s1. The Morgan fingerprint density at radius 3 is 2.81 bits per heavy atom. The molecule has 0 bridgehead atoms. The molecular formula is C18H22BrClN2O3Si. The van der Waals surface area contributed by atoms with E-state index >= 15 is 0 Å². The molecule has 1 N–H and O–H groups in total. The second-order valence-corrected chi connectivity index (χ2v) is 13.6. The molecule has 1 atom stereocenters. The molecule has 8 heteroatoms. The Morgan fingerprint density at radius 1 is 1.42 bits per heavy atom. The maximum absolute atomic E-state index is 11.3. The van der Waals surface area contributed by atoms with E-state index in [9.17, 15) is 9.90 Å². The van der Waals surface area contributed by atoms with Gasteiger partial charge in [0.2, 0.25) is 0 Å². The molecule has 26 heavy (non-hydrogen) atoms. The summed E-state index contributed by atoms with van der Waals surface area (Å²) < 4.78 is 6.76. The van der Waals surface area contributed by atoms with Gasteiger partial charge in [-0.15, -0.1) is 5.54 Å². The number of hydrogen-bond acceptors (Lipinski definition) is 3. The smallest absolute Gasteiger partial charge is 0.407 e. The predicted molar refractivity (Wildman–Crippen MR) is 109 cm³/mol. The van der Waals surface area contributed by atoms with Crippen molar-refractivity contribution in [2.75, 3.05) is 26.2 Å². The zero-order valence-electron chi connectivity index (χ0n) is 15.1. The molecule has 1 fully saturated rings. The van der Waals surface area contributed by atoms with Crippen molar-refractivity contribution in [3.8, 4) is 17.2 Å². The Hall–Kier alpha value is -1.20. The second-order valence-electron chi connectivity index (χ2n) is 7.70. The molecule has 3 rings (SSSR count). The van der Waals surface area contributed by atoms with E-state index in [0.717, 1.165) is 15.6 Å². The van der Waals surface area contributed by atoms with Crippen LogP contribution in [0.3, 0.4) is 0 Å². The van der Waals surface area contributed by atoms with Crippen LogP contribution in [0.2, 0.25) is 24.7 Å². The molecule has 0 unspecified atom stereocenters. The van der Waals surface area contributed by atoms with Gasteiger partial charge in [-0.1, -0.05) is 37.2 Å². The third-order valence-electron chi connectivity index (χ3n) is 4.48. The second kappa shape index (κ2) is 7.43. The first-order valence-corrected chi connectivity index (χ1v) is 13.2. The first-order valence-electron chi connectivity index (χ1n) is 8.54. The molecule has 0 spiro atoms. The van der Waals surface area contributed by atoms with Gasteiger partial charge in [-0.05, 0) is 22.0 Å². The quantitative estimate of drug-likeness (QED) is 0.474. The fraction of sp³-hybridized carbons (Fsp3) is 0.500.